The second-order valence-corrected chi connectivity index (χ2v) is 4.71. The smallest absolute Gasteiger partial charge is 0.332 e. The van der Waals surface area contributed by atoms with Crippen molar-refractivity contribution in [2.45, 2.75) is 32.3 Å². The maximum atomic E-state index is 11.5. The summed E-state index contributed by atoms with van der Waals surface area (Å²) in [5.41, 5.74) is 1.05. The fraction of sp³-hybridized carbons (Fsp3) is 0.467. The zero-order chi connectivity index (χ0) is 15.7. The number of hydrogen-bond donors (Lipinski definition) is 3. The van der Waals surface area contributed by atoms with Gasteiger partial charge in [0.15, 0.2) is 6.10 Å². The third kappa shape index (κ3) is 6.76. The van der Waals surface area contributed by atoms with Gasteiger partial charge >= 0.3 is 5.97 Å². The molecule has 0 heterocycles. The third-order valence-corrected chi connectivity index (χ3v) is 2.92. The van der Waals surface area contributed by atoms with Gasteiger partial charge in [-0.1, -0.05) is 18.2 Å². The van der Waals surface area contributed by atoms with Crippen LogP contribution in [0.5, 0.6) is 5.75 Å². The maximum Gasteiger partial charge on any atom is 0.332 e. The highest BCUT2D eigenvalue weighted by atomic mass is 16.5. The van der Waals surface area contributed by atoms with Crippen LogP contribution in [-0.2, 0) is 9.59 Å². The van der Waals surface area contributed by atoms with Gasteiger partial charge in [0, 0.05) is 19.4 Å². The number of aliphatic hydroxyl groups excluding tert-OH is 1. The van der Waals surface area contributed by atoms with Crippen LogP contribution in [0.15, 0.2) is 24.3 Å². The normalized spacial score (nSPS) is 11.7. The van der Waals surface area contributed by atoms with Gasteiger partial charge in [0.2, 0.25) is 5.91 Å². The molecule has 21 heavy (non-hydrogen) atoms. The molecule has 0 fully saturated rings. The first-order valence-corrected chi connectivity index (χ1v) is 6.86. The average Bonchev–Trinajstić information content (AvgIpc) is 2.45. The highest BCUT2D eigenvalue weighted by Gasteiger charge is 2.12. The van der Waals surface area contributed by atoms with Gasteiger partial charge in [-0.15, -0.1) is 0 Å². The number of ether oxygens (including phenoxy) is 1. The summed E-state index contributed by atoms with van der Waals surface area (Å²) in [6.07, 6.45) is -0.563. The predicted molar refractivity (Wildman–Crippen MR) is 77.2 cm³/mol. The van der Waals surface area contributed by atoms with E-state index < -0.39 is 12.1 Å². The fourth-order valence-electron chi connectivity index (χ4n) is 1.69. The second kappa shape index (κ2) is 8.97. The Balaban J connectivity index is 2.11. The number of carboxylic acid groups (broad SMARTS) is 1. The van der Waals surface area contributed by atoms with Crippen LogP contribution in [0.2, 0.25) is 0 Å². The van der Waals surface area contributed by atoms with E-state index in [9.17, 15) is 9.59 Å². The molecule has 0 bridgehead atoms. The Hall–Kier alpha value is -2.08. The Labute approximate surface area is 123 Å². The molecule has 6 nitrogen and oxygen atoms in total. The molecule has 0 aromatic heterocycles. The van der Waals surface area contributed by atoms with E-state index in [-0.39, 0.29) is 18.9 Å². The highest BCUT2D eigenvalue weighted by molar-refractivity contribution is 5.76. The summed E-state index contributed by atoms with van der Waals surface area (Å²) < 4.78 is 5.56. The summed E-state index contributed by atoms with van der Waals surface area (Å²) in [4.78, 5) is 21.8. The molecule has 0 spiro atoms. The average molecular weight is 295 g/mol. The lowest BCUT2D eigenvalue weighted by atomic mass is 10.2. The van der Waals surface area contributed by atoms with Gasteiger partial charge in [0.1, 0.15) is 5.75 Å². The molecule has 0 unspecified atom stereocenters. The number of carbonyl (C=O) groups excluding carboxylic acids is 1. The van der Waals surface area contributed by atoms with Gasteiger partial charge < -0.3 is 20.3 Å². The number of aliphatic hydroxyl groups is 1. The number of aliphatic carboxylic acids is 1. The number of hydrogen-bond acceptors (Lipinski definition) is 4. The Kier molecular flexibility index (Phi) is 7.25. The highest BCUT2D eigenvalue weighted by Crippen LogP contribution is 2.16. The summed E-state index contributed by atoms with van der Waals surface area (Å²) in [5, 5.41) is 20.1. The lowest BCUT2D eigenvalue weighted by Gasteiger charge is -2.09. The molecule has 0 saturated carbocycles. The van der Waals surface area contributed by atoms with Crippen LogP contribution in [0.3, 0.4) is 0 Å². The molecule has 0 saturated heterocycles. The zero-order valence-electron chi connectivity index (χ0n) is 12.0. The minimum atomic E-state index is -1.44. The van der Waals surface area contributed by atoms with E-state index in [4.69, 9.17) is 14.9 Å². The third-order valence-electron chi connectivity index (χ3n) is 2.92. The largest absolute Gasteiger partial charge is 0.493 e. The van der Waals surface area contributed by atoms with Crippen molar-refractivity contribution < 1.29 is 24.5 Å². The SMILES string of the molecule is Cc1ccccc1OCCCC(=O)NCC[C@H](O)C(=O)O. The standard InChI is InChI=1S/C15H21NO5/c1-11-5-2-3-6-13(11)21-10-4-7-14(18)16-9-8-12(17)15(19)20/h2-3,5-6,12,17H,4,7-10H2,1H3,(H,16,18)(H,19,20)/t12-/m0/s1. The van der Waals surface area contributed by atoms with Crippen molar-refractivity contribution in [3.05, 3.63) is 29.8 Å². The molecule has 116 valence electrons. The van der Waals surface area contributed by atoms with Crippen LogP contribution in [0.25, 0.3) is 0 Å². The second-order valence-electron chi connectivity index (χ2n) is 4.71. The summed E-state index contributed by atoms with van der Waals surface area (Å²) in [6.45, 7) is 2.54. The van der Waals surface area contributed by atoms with Crippen molar-refractivity contribution in [2.75, 3.05) is 13.2 Å². The Morgan fingerprint density at radius 2 is 2.05 bits per heavy atom. The van der Waals surface area contributed by atoms with E-state index in [2.05, 4.69) is 5.32 Å². The molecular weight excluding hydrogens is 274 g/mol. The van der Waals surface area contributed by atoms with Crippen molar-refractivity contribution in [3.8, 4) is 5.75 Å². The van der Waals surface area contributed by atoms with E-state index in [0.29, 0.717) is 19.4 Å². The Morgan fingerprint density at radius 1 is 1.33 bits per heavy atom. The number of benzene rings is 1. The van der Waals surface area contributed by atoms with E-state index in [1.54, 1.807) is 0 Å². The quantitative estimate of drug-likeness (QED) is 0.593. The van der Waals surface area contributed by atoms with Crippen LogP contribution < -0.4 is 10.1 Å². The predicted octanol–water partition coefficient (Wildman–Crippen LogP) is 1.11. The topological polar surface area (TPSA) is 95.9 Å². The minimum absolute atomic E-state index is 0.000777. The van der Waals surface area contributed by atoms with Gasteiger partial charge in [0.05, 0.1) is 6.61 Å². The van der Waals surface area contributed by atoms with Crippen LogP contribution in [-0.4, -0.2) is 41.3 Å². The Morgan fingerprint density at radius 3 is 2.71 bits per heavy atom. The molecule has 1 rings (SSSR count). The molecule has 0 aliphatic rings. The number of aryl methyl sites for hydroxylation is 1. The zero-order valence-corrected chi connectivity index (χ0v) is 12.0. The summed E-state index contributed by atoms with van der Waals surface area (Å²) in [7, 11) is 0. The van der Waals surface area contributed by atoms with E-state index >= 15 is 0 Å². The number of para-hydroxylation sites is 1. The lowest BCUT2D eigenvalue weighted by molar-refractivity contribution is -0.147. The van der Waals surface area contributed by atoms with Crippen molar-refractivity contribution in [1.29, 1.82) is 0 Å². The lowest BCUT2D eigenvalue weighted by Crippen LogP contribution is -2.30. The first-order chi connectivity index (χ1) is 10.0. The van der Waals surface area contributed by atoms with E-state index in [0.717, 1.165) is 11.3 Å². The number of carboxylic acids is 1. The number of rotatable bonds is 9. The molecule has 3 N–H and O–H groups in total. The minimum Gasteiger partial charge on any atom is -0.493 e. The van der Waals surface area contributed by atoms with Crippen LogP contribution in [0.1, 0.15) is 24.8 Å². The monoisotopic (exact) mass is 295 g/mol. The number of amides is 1. The number of carbonyl (C=O) groups is 2. The molecular formula is C15H21NO5. The van der Waals surface area contributed by atoms with Gasteiger partial charge in [-0.2, -0.15) is 0 Å². The van der Waals surface area contributed by atoms with Crippen molar-refractivity contribution in [2.24, 2.45) is 0 Å². The van der Waals surface area contributed by atoms with Crippen molar-refractivity contribution >= 4 is 11.9 Å². The van der Waals surface area contributed by atoms with Gasteiger partial charge in [-0.25, -0.2) is 4.79 Å². The molecule has 0 aliphatic heterocycles. The van der Waals surface area contributed by atoms with Crippen LogP contribution in [0, 0.1) is 6.92 Å². The summed E-state index contributed by atoms with van der Waals surface area (Å²) in [5.74, 6) is -0.653. The van der Waals surface area contributed by atoms with Gasteiger partial charge in [-0.05, 0) is 25.0 Å². The summed E-state index contributed by atoms with van der Waals surface area (Å²) in [6, 6.07) is 7.66. The van der Waals surface area contributed by atoms with E-state index in [1.807, 2.05) is 31.2 Å². The summed E-state index contributed by atoms with van der Waals surface area (Å²) >= 11 is 0. The maximum absolute atomic E-state index is 11.5. The van der Waals surface area contributed by atoms with Crippen molar-refractivity contribution in [3.63, 3.8) is 0 Å². The first-order valence-electron chi connectivity index (χ1n) is 6.86. The van der Waals surface area contributed by atoms with E-state index in [1.165, 1.54) is 0 Å². The molecule has 6 heteroatoms. The molecule has 1 aromatic carbocycles. The van der Waals surface area contributed by atoms with Crippen LogP contribution in [0.4, 0.5) is 0 Å². The van der Waals surface area contributed by atoms with Crippen LogP contribution >= 0.6 is 0 Å². The molecule has 0 radical (unpaired) electrons. The first kappa shape index (κ1) is 17.0. The Bertz CT molecular complexity index is 475. The van der Waals surface area contributed by atoms with Gasteiger partial charge in [-0.3, -0.25) is 4.79 Å². The molecule has 1 amide bonds. The molecule has 1 aromatic rings. The van der Waals surface area contributed by atoms with Crippen molar-refractivity contribution in [1.82, 2.24) is 5.32 Å². The molecule has 0 aliphatic carbocycles. The fourth-order valence-corrected chi connectivity index (χ4v) is 1.69. The molecule has 1 atom stereocenters. The van der Waals surface area contributed by atoms with Gasteiger partial charge in [0.25, 0.3) is 0 Å². The number of nitrogens with one attached hydrogen (secondary N) is 1.